The molecule has 0 N–H and O–H groups in total. The summed E-state index contributed by atoms with van der Waals surface area (Å²) in [5.41, 5.74) is 0. The molecule has 0 heterocycles. The van der Waals surface area contributed by atoms with E-state index in [0.29, 0.717) is 19.3 Å². The first-order valence-electron chi connectivity index (χ1n) is 29.9. The van der Waals surface area contributed by atoms with Gasteiger partial charge in [0.25, 0.3) is 0 Å². The number of hydrogen-bond acceptors (Lipinski definition) is 6. The van der Waals surface area contributed by atoms with Gasteiger partial charge in [-0.2, -0.15) is 0 Å². The lowest BCUT2D eigenvalue weighted by molar-refractivity contribution is -0.167. The molecule has 0 radical (unpaired) electrons. The Morgan fingerprint density at radius 2 is 0.500 bits per heavy atom. The first-order valence-corrected chi connectivity index (χ1v) is 29.9. The second-order valence-electron chi connectivity index (χ2n) is 21.1. The fraction of sp³-hybridized carbons (Fsp3) is 0.950. The van der Waals surface area contributed by atoms with Crippen molar-refractivity contribution in [1.82, 2.24) is 0 Å². The van der Waals surface area contributed by atoms with Crippen LogP contribution in [0.2, 0.25) is 0 Å². The Bertz CT molecular complexity index is 996. The average molecular weight is 934 g/mol. The highest BCUT2D eigenvalue weighted by molar-refractivity contribution is 5.71. The average Bonchev–Trinajstić information content (AvgIpc) is 3.30. The van der Waals surface area contributed by atoms with Gasteiger partial charge >= 0.3 is 17.9 Å². The molecular weight excluding hydrogens is 817 g/mol. The summed E-state index contributed by atoms with van der Waals surface area (Å²) >= 11 is 0. The van der Waals surface area contributed by atoms with E-state index in [-0.39, 0.29) is 31.1 Å². The van der Waals surface area contributed by atoms with Crippen LogP contribution in [0.15, 0.2) is 0 Å². The van der Waals surface area contributed by atoms with Crippen molar-refractivity contribution < 1.29 is 28.6 Å². The van der Waals surface area contributed by atoms with E-state index in [1.54, 1.807) is 0 Å². The molecule has 0 aromatic rings. The molecule has 0 aliphatic rings. The number of unbranched alkanes of at least 4 members (excludes halogenated alkanes) is 42. The fourth-order valence-electron chi connectivity index (χ4n) is 9.28. The van der Waals surface area contributed by atoms with E-state index in [2.05, 4.69) is 27.7 Å². The van der Waals surface area contributed by atoms with Crippen LogP contribution in [0.1, 0.15) is 342 Å². The molecular formula is C60H116O6. The van der Waals surface area contributed by atoms with Crippen molar-refractivity contribution in [2.75, 3.05) is 13.2 Å². The van der Waals surface area contributed by atoms with Crippen LogP contribution >= 0.6 is 0 Å². The zero-order chi connectivity index (χ0) is 48.1. The molecule has 0 rings (SSSR count). The Kier molecular flexibility index (Phi) is 53.0. The van der Waals surface area contributed by atoms with Crippen molar-refractivity contribution in [3.63, 3.8) is 0 Å². The van der Waals surface area contributed by atoms with Gasteiger partial charge in [-0.15, -0.1) is 0 Å². The number of esters is 3. The largest absolute Gasteiger partial charge is 0.462 e. The highest BCUT2D eigenvalue weighted by atomic mass is 16.6. The van der Waals surface area contributed by atoms with Gasteiger partial charge < -0.3 is 14.2 Å². The summed E-state index contributed by atoms with van der Waals surface area (Å²) < 4.78 is 16.9. The summed E-state index contributed by atoms with van der Waals surface area (Å²) in [6, 6.07) is 0. The van der Waals surface area contributed by atoms with E-state index >= 15 is 0 Å². The molecule has 0 amide bonds. The van der Waals surface area contributed by atoms with Gasteiger partial charge in [0.1, 0.15) is 13.2 Å². The van der Waals surface area contributed by atoms with Gasteiger partial charge in [0, 0.05) is 19.3 Å². The van der Waals surface area contributed by atoms with Crippen molar-refractivity contribution >= 4 is 17.9 Å². The number of rotatable bonds is 55. The summed E-state index contributed by atoms with van der Waals surface area (Å²) in [6.45, 7) is 9.07. The molecule has 0 fully saturated rings. The van der Waals surface area contributed by atoms with E-state index in [9.17, 15) is 14.4 Å². The zero-order valence-electron chi connectivity index (χ0n) is 45.2. The van der Waals surface area contributed by atoms with Gasteiger partial charge in [-0.05, 0) is 25.2 Å². The fourth-order valence-corrected chi connectivity index (χ4v) is 9.28. The first kappa shape index (κ1) is 64.4. The predicted molar refractivity (Wildman–Crippen MR) is 284 cm³/mol. The maximum absolute atomic E-state index is 12.9. The van der Waals surface area contributed by atoms with Crippen LogP contribution in [-0.2, 0) is 28.6 Å². The third kappa shape index (κ3) is 53.4. The first-order chi connectivity index (χ1) is 32.4. The van der Waals surface area contributed by atoms with Gasteiger partial charge in [0.2, 0.25) is 0 Å². The minimum absolute atomic E-state index is 0.0617. The lowest BCUT2D eigenvalue weighted by Crippen LogP contribution is -2.30. The van der Waals surface area contributed by atoms with Crippen LogP contribution in [0.3, 0.4) is 0 Å². The Morgan fingerprint density at radius 1 is 0.288 bits per heavy atom. The van der Waals surface area contributed by atoms with Crippen LogP contribution < -0.4 is 0 Å². The molecule has 1 atom stereocenters. The molecule has 0 aliphatic carbocycles. The van der Waals surface area contributed by atoms with Crippen molar-refractivity contribution in [3.05, 3.63) is 0 Å². The highest BCUT2D eigenvalue weighted by Gasteiger charge is 2.19. The summed E-state index contributed by atoms with van der Waals surface area (Å²) in [7, 11) is 0. The van der Waals surface area contributed by atoms with E-state index in [1.807, 2.05) is 0 Å². The number of hydrogen-bond donors (Lipinski definition) is 0. The Morgan fingerprint density at radius 3 is 0.742 bits per heavy atom. The van der Waals surface area contributed by atoms with Crippen LogP contribution in [0.4, 0.5) is 0 Å². The maximum Gasteiger partial charge on any atom is 0.306 e. The molecule has 0 spiro atoms. The Labute approximate surface area is 412 Å². The lowest BCUT2D eigenvalue weighted by atomic mass is 10.0. The van der Waals surface area contributed by atoms with Crippen LogP contribution in [-0.4, -0.2) is 37.2 Å². The van der Waals surface area contributed by atoms with Gasteiger partial charge in [-0.3, -0.25) is 14.4 Å². The molecule has 0 saturated carbocycles. The normalized spacial score (nSPS) is 12.0. The maximum atomic E-state index is 12.9. The Balaban J connectivity index is 4.28. The minimum Gasteiger partial charge on any atom is -0.462 e. The summed E-state index contributed by atoms with van der Waals surface area (Å²) in [6.07, 6.45) is 59.5. The standard InChI is InChI=1S/C60H116O6/c1-5-7-9-11-13-15-17-19-21-22-23-24-25-27-33-37-41-45-49-53-60(63)66-57(54-64-58(61)51-47-43-39-35-31-26-20-18-16-14-12-10-8-6-2)55-65-59(62)52-48-44-40-36-32-29-28-30-34-38-42-46-50-56(3)4/h56-57H,5-55H2,1-4H3/t57-/m0/s1. The van der Waals surface area contributed by atoms with Gasteiger partial charge in [0.15, 0.2) is 6.10 Å². The molecule has 0 aliphatic heterocycles. The molecule has 392 valence electrons. The van der Waals surface area contributed by atoms with Crippen molar-refractivity contribution in [3.8, 4) is 0 Å². The second-order valence-corrected chi connectivity index (χ2v) is 21.1. The monoisotopic (exact) mass is 933 g/mol. The quantitative estimate of drug-likeness (QED) is 0.0343. The Hall–Kier alpha value is -1.59. The van der Waals surface area contributed by atoms with Crippen LogP contribution in [0.25, 0.3) is 0 Å². The van der Waals surface area contributed by atoms with E-state index in [1.165, 1.54) is 238 Å². The molecule has 0 saturated heterocycles. The topological polar surface area (TPSA) is 78.9 Å². The van der Waals surface area contributed by atoms with Crippen LogP contribution in [0, 0.1) is 5.92 Å². The van der Waals surface area contributed by atoms with Crippen molar-refractivity contribution in [1.29, 1.82) is 0 Å². The van der Waals surface area contributed by atoms with Gasteiger partial charge in [-0.25, -0.2) is 0 Å². The van der Waals surface area contributed by atoms with E-state index in [0.717, 1.165) is 63.7 Å². The van der Waals surface area contributed by atoms with Gasteiger partial charge in [0.05, 0.1) is 0 Å². The summed E-state index contributed by atoms with van der Waals surface area (Å²) in [5.74, 6) is 0.000599. The second kappa shape index (κ2) is 54.4. The minimum atomic E-state index is -0.762. The molecule has 6 heteroatoms. The lowest BCUT2D eigenvalue weighted by Gasteiger charge is -2.18. The molecule has 66 heavy (non-hydrogen) atoms. The molecule has 6 nitrogen and oxygen atoms in total. The predicted octanol–water partition coefficient (Wildman–Crippen LogP) is 19.8. The van der Waals surface area contributed by atoms with Crippen molar-refractivity contribution in [2.24, 2.45) is 5.92 Å². The van der Waals surface area contributed by atoms with E-state index < -0.39 is 6.10 Å². The number of carbonyl (C=O) groups is 3. The molecule has 0 aromatic carbocycles. The number of carbonyl (C=O) groups excluding carboxylic acids is 3. The molecule has 0 bridgehead atoms. The van der Waals surface area contributed by atoms with Gasteiger partial charge in [-0.1, -0.05) is 304 Å². The SMILES string of the molecule is CCCCCCCCCCCCCCCCCCCCCC(=O)O[C@@H](COC(=O)CCCCCCCCCCCCCCCC)COC(=O)CCCCCCCCCCCCCCC(C)C. The van der Waals surface area contributed by atoms with Crippen molar-refractivity contribution in [2.45, 2.75) is 348 Å². The zero-order valence-corrected chi connectivity index (χ0v) is 45.2. The smallest absolute Gasteiger partial charge is 0.306 e. The third-order valence-electron chi connectivity index (χ3n) is 13.8. The third-order valence-corrected chi connectivity index (χ3v) is 13.8. The molecule has 0 aromatic heterocycles. The highest BCUT2D eigenvalue weighted by Crippen LogP contribution is 2.18. The number of ether oxygens (including phenoxy) is 3. The summed E-state index contributed by atoms with van der Waals surface area (Å²) in [5, 5.41) is 0. The van der Waals surface area contributed by atoms with Crippen LogP contribution in [0.5, 0.6) is 0 Å². The summed E-state index contributed by atoms with van der Waals surface area (Å²) in [4.78, 5) is 38.2. The molecule has 0 unspecified atom stereocenters. The van der Waals surface area contributed by atoms with E-state index in [4.69, 9.17) is 14.2 Å².